The number of rotatable bonds is 9. The van der Waals surface area contributed by atoms with Gasteiger partial charge < -0.3 is 31.5 Å². The van der Waals surface area contributed by atoms with Gasteiger partial charge in [0, 0.05) is 32.2 Å². The second-order valence-electron chi connectivity index (χ2n) is 10.1. The summed E-state index contributed by atoms with van der Waals surface area (Å²) in [5, 5.41) is 25.8. The summed E-state index contributed by atoms with van der Waals surface area (Å²) in [4.78, 5) is 25.2. The number of carboxylic acid groups (broad SMARTS) is 1. The fourth-order valence-corrected chi connectivity index (χ4v) is 4.54. The van der Waals surface area contributed by atoms with Crippen LogP contribution in [-0.4, -0.2) is 63.0 Å². The summed E-state index contributed by atoms with van der Waals surface area (Å²) in [6, 6.07) is 22.3. The molecule has 228 valence electrons. The van der Waals surface area contributed by atoms with Crippen LogP contribution in [-0.2, 0) is 17.8 Å². The van der Waals surface area contributed by atoms with Crippen molar-refractivity contribution in [1.29, 1.82) is 0 Å². The number of nitrogens with one attached hydrogen (secondary N) is 2. The monoisotopic (exact) mass is 597 g/mol. The highest BCUT2D eigenvalue weighted by atomic mass is 19.4. The zero-order valence-electron chi connectivity index (χ0n) is 23.4. The highest BCUT2D eigenvalue weighted by molar-refractivity contribution is 5.85. The van der Waals surface area contributed by atoms with Crippen molar-refractivity contribution >= 4 is 34.6 Å². The van der Waals surface area contributed by atoms with Gasteiger partial charge in [-0.25, -0.2) is 4.79 Å². The van der Waals surface area contributed by atoms with Crippen molar-refractivity contribution in [2.75, 3.05) is 35.2 Å². The zero-order chi connectivity index (χ0) is 30.8. The Balaban J connectivity index is 0.000000541. The molecule has 5 rings (SSSR count). The number of halogens is 3. The molecule has 0 radical (unpaired) electrons. The molecular weight excluding hydrogens is 563 g/mol. The molecular formula is C30H34F3N7O3. The number of carbonyl (C=O) groups is 1. The van der Waals surface area contributed by atoms with Crippen LogP contribution in [0.15, 0.2) is 66.7 Å². The van der Waals surface area contributed by atoms with Gasteiger partial charge in [0.05, 0.1) is 0 Å². The van der Waals surface area contributed by atoms with E-state index in [4.69, 9.17) is 25.6 Å². The van der Waals surface area contributed by atoms with Gasteiger partial charge >= 0.3 is 12.1 Å². The van der Waals surface area contributed by atoms with Crippen LogP contribution < -0.4 is 21.3 Å². The number of aromatic nitrogens is 3. The van der Waals surface area contributed by atoms with Crippen LogP contribution in [0.1, 0.15) is 30.4 Å². The van der Waals surface area contributed by atoms with E-state index in [0.717, 1.165) is 45.3 Å². The molecule has 13 heteroatoms. The highest BCUT2D eigenvalue weighted by Crippen LogP contribution is 2.22. The average molecular weight is 598 g/mol. The van der Waals surface area contributed by atoms with Crippen molar-refractivity contribution in [3.8, 4) is 5.75 Å². The molecule has 0 bridgehead atoms. The standard InChI is InChI=1S/C28H33N7O.C2HF3O2/c29-23-14-17-35(18-15-23)28-33-26(30-16-4-5-20-10-12-24(36)13-11-20)32-27(34-28)31-19-22-8-3-7-21-6-1-2-9-25(21)22;3-2(4,5)1(6)7/h1-3,6-13,23,36H,4-5,14-19,29H2,(H2,30,31,32,33,34);(H,6,7). The molecule has 1 aliphatic rings. The Morgan fingerprint density at radius 1 is 0.930 bits per heavy atom. The zero-order valence-corrected chi connectivity index (χ0v) is 23.4. The fourth-order valence-electron chi connectivity index (χ4n) is 4.54. The first kappa shape index (κ1) is 31.3. The van der Waals surface area contributed by atoms with E-state index in [0.29, 0.717) is 24.4 Å². The summed E-state index contributed by atoms with van der Waals surface area (Å²) in [6.45, 7) is 3.04. The Kier molecular flexibility index (Phi) is 10.5. The molecule has 1 aliphatic heterocycles. The molecule has 0 amide bonds. The van der Waals surface area contributed by atoms with Crippen LogP contribution >= 0.6 is 0 Å². The number of aromatic hydroxyl groups is 1. The number of phenolic OH excluding ortho intramolecular Hbond substituents is 1. The van der Waals surface area contributed by atoms with Crippen LogP contribution in [0, 0.1) is 0 Å². The number of hydrogen-bond acceptors (Lipinski definition) is 9. The molecule has 0 unspecified atom stereocenters. The largest absolute Gasteiger partial charge is 0.508 e. The first-order valence-electron chi connectivity index (χ1n) is 13.9. The lowest BCUT2D eigenvalue weighted by molar-refractivity contribution is -0.192. The maximum Gasteiger partial charge on any atom is 0.490 e. The lowest BCUT2D eigenvalue weighted by Crippen LogP contribution is -2.40. The number of anilines is 3. The average Bonchev–Trinajstić information content (AvgIpc) is 2.99. The molecule has 10 nitrogen and oxygen atoms in total. The van der Waals surface area contributed by atoms with Crippen LogP contribution in [0.2, 0.25) is 0 Å². The smallest absolute Gasteiger partial charge is 0.490 e. The molecule has 3 aromatic carbocycles. The lowest BCUT2D eigenvalue weighted by atomic mass is 10.0. The fraction of sp³-hybridized carbons (Fsp3) is 0.333. The Hall–Kier alpha value is -4.65. The third kappa shape index (κ3) is 9.43. The Bertz CT molecular complexity index is 1490. The topological polar surface area (TPSA) is 150 Å². The third-order valence-electron chi connectivity index (χ3n) is 6.87. The minimum absolute atomic E-state index is 0.240. The number of aryl methyl sites for hydroxylation is 1. The number of carboxylic acids is 1. The number of hydrogen-bond donors (Lipinski definition) is 5. The van der Waals surface area contributed by atoms with Gasteiger partial charge in [-0.1, -0.05) is 54.6 Å². The minimum atomic E-state index is -5.08. The first-order valence-corrected chi connectivity index (χ1v) is 13.9. The van der Waals surface area contributed by atoms with Crippen molar-refractivity contribution in [3.63, 3.8) is 0 Å². The van der Waals surface area contributed by atoms with Gasteiger partial charge in [-0.15, -0.1) is 0 Å². The van der Waals surface area contributed by atoms with E-state index in [2.05, 4.69) is 63.0 Å². The molecule has 1 fully saturated rings. The molecule has 6 N–H and O–H groups in total. The van der Waals surface area contributed by atoms with Crippen molar-refractivity contribution in [2.45, 2.75) is 44.4 Å². The van der Waals surface area contributed by atoms with Gasteiger partial charge in [0.2, 0.25) is 17.8 Å². The predicted octanol–water partition coefficient (Wildman–Crippen LogP) is 4.95. The van der Waals surface area contributed by atoms with Crippen molar-refractivity contribution < 1.29 is 28.2 Å². The molecule has 1 saturated heterocycles. The minimum Gasteiger partial charge on any atom is -0.508 e. The van der Waals surface area contributed by atoms with Crippen molar-refractivity contribution in [3.05, 3.63) is 77.9 Å². The van der Waals surface area contributed by atoms with E-state index in [1.54, 1.807) is 12.1 Å². The van der Waals surface area contributed by atoms with Gasteiger partial charge in [0.1, 0.15) is 5.75 Å². The van der Waals surface area contributed by atoms with E-state index in [-0.39, 0.29) is 11.8 Å². The maximum atomic E-state index is 10.6. The van der Waals surface area contributed by atoms with Crippen LogP contribution in [0.3, 0.4) is 0 Å². The Morgan fingerprint density at radius 2 is 1.56 bits per heavy atom. The Morgan fingerprint density at radius 3 is 2.23 bits per heavy atom. The van der Waals surface area contributed by atoms with E-state index < -0.39 is 12.1 Å². The second kappa shape index (κ2) is 14.5. The number of alkyl halides is 3. The summed E-state index contributed by atoms with van der Waals surface area (Å²) in [5.74, 6) is -0.660. The molecule has 2 heterocycles. The van der Waals surface area contributed by atoms with Crippen LogP contribution in [0.4, 0.5) is 31.0 Å². The van der Waals surface area contributed by atoms with Crippen molar-refractivity contribution in [2.24, 2.45) is 5.73 Å². The maximum absolute atomic E-state index is 10.6. The van der Waals surface area contributed by atoms with Crippen molar-refractivity contribution in [1.82, 2.24) is 15.0 Å². The summed E-state index contributed by atoms with van der Waals surface area (Å²) in [5.41, 5.74) is 8.50. The third-order valence-corrected chi connectivity index (χ3v) is 6.87. The number of benzene rings is 3. The van der Waals surface area contributed by atoms with E-state index in [9.17, 15) is 18.3 Å². The van der Waals surface area contributed by atoms with E-state index in [1.807, 2.05) is 12.1 Å². The summed E-state index contributed by atoms with van der Waals surface area (Å²) < 4.78 is 31.7. The van der Waals surface area contributed by atoms with Crippen LogP contribution in [0.25, 0.3) is 10.8 Å². The quantitative estimate of drug-likeness (QED) is 0.168. The molecule has 0 spiro atoms. The van der Waals surface area contributed by atoms with E-state index in [1.165, 1.54) is 21.9 Å². The summed E-state index contributed by atoms with van der Waals surface area (Å²) in [6.07, 6.45) is -1.40. The molecule has 0 aliphatic carbocycles. The number of piperidine rings is 1. The second-order valence-corrected chi connectivity index (χ2v) is 10.1. The molecule has 4 aromatic rings. The number of fused-ring (bicyclic) bond motifs is 1. The van der Waals surface area contributed by atoms with E-state index >= 15 is 0 Å². The molecule has 1 aromatic heterocycles. The van der Waals surface area contributed by atoms with Gasteiger partial charge in [0.15, 0.2) is 0 Å². The summed E-state index contributed by atoms with van der Waals surface area (Å²) >= 11 is 0. The molecule has 0 atom stereocenters. The van der Waals surface area contributed by atoms with Gasteiger partial charge in [-0.2, -0.15) is 28.1 Å². The molecule has 43 heavy (non-hydrogen) atoms. The van der Waals surface area contributed by atoms with Gasteiger partial charge in [-0.3, -0.25) is 0 Å². The number of nitrogens with two attached hydrogens (primary N) is 1. The first-order chi connectivity index (χ1) is 20.6. The van der Waals surface area contributed by atoms with Gasteiger partial charge in [-0.05, 0) is 59.7 Å². The predicted molar refractivity (Wildman–Crippen MR) is 159 cm³/mol. The number of nitrogens with zero attached hydrogens (tertiary/aromatic N) is 4. The lowest BCUT2D eigenvalue weighted by Gasteiger charge is -2.30. The number of aliphatic carboxylic acids is 1. The summed E-state index contributed by atoms with van der Waals surface area (Å²) in [7, 11) is 0. The Labute approximate surface area is 246 Å². The normalized spacial score (nSPS) is 13.7. The highest BCUT2D eigenvalue weighted by Gasteiger charge is 2.38. The van der Waals surface area contributed by atoms with Gasteiger partial charge in [0.25, 0.3) is 0 Å². The SMILES string of the molecule is NC1CCN(c2nc(NCCCc3ccc(O)cc3)nc(NCc3cccc4ccccc34)n2)CC1.O=C(O)C(F)(F)F. The molecule has 0 saturated carbocycles. The van der Waals surface area contributed by atoms with Crippen LogP contribution in [0.5, 0.6) is 5.75 Å². The number of phenols is 1.